The van der Waals surface area contributed by atoms with Gasteiger partial charge in [-0.15, -0.1) is 0 Å². The van der Waals surface area contributed by atoms with Crippen molar-refractivity contribution < 1.29 is 9.18 Å². The Bertz CT molecular complexity index is 478. The molecule has 2 N–H and O–H groups in total. The first-order valence-corrected chi connectivity index (χ1v) is 7.20. The van der Waals surface area contributed by atoms with Crippen LogP contribution in [0.1, 0.15) is 44.1 Å². The monoisotopic (exact) mass is 261 g/mol. The number of amides is 1. The van der Waals surface area contributed by atoms with Gasteiger partial charge in [-0.1, -0.05) is 44.2 Å². The van der Waals surface area contributed by atoms with Gasteiger partial charge in [0.2, 0.25) is 5.91 Å². The van der Waals surface area contributed by atoms with Gasteiger partial charge in [0.1, 0.15) is 5.82 Å². The molecule has 3 heteroatoms. The number of carbonyl (C=O) groups excluding carboxylic acids is 1. The van der Waals surface area contributed by atoms with Gasteiger partial charge in [-0.05, 0) is 36.0 Å². The zero-order chi connectivity index (χ0) is 13.5. The lowest BCUT2D eigenvalue weighted by Gasteiger charge is -2.24. The van der Waals surface area contributed by atoms with E-state index in [-0.39, 0.29) is 11.7 Å². The van der Waals surface area contributed by atoms with Crippen molar-refractivity contribution in [1.29, 1.82) is 0 Å². The van der Waals surface area contributed by atoms with Crippen molar-refractivity contribution in [3.05, 3.63) is 35.6 Å². The summed E-state index contributed by atoms with van der Waals surface area (Å²) in [6.45, 7) is 0. The second-order valence-corrected chi connectivity index (χ2v) is 6.05. The molecule has 1 amide bonds. The van der Waals surface area contributed by atoms with Crippen molar-refractivity contribution in [2.24, 2.45) is 17.6 Å². The Labute approximate surface area is 113 Å². The molecule has 2 saturated carbocycles. The molecule has 0 bridgehead atoms. The number of carbonyl (C=O) groups is 1. The molecule has 3 rings (SSSR count). The van der Waals surface area contributed by atoms with Crippen LogP contribution in [0.4, 0.5) is 4.39 Å². The summed E-state index contributed by atoms with van der Waals surface area (Å²) in [7, 11) is 0. The molecule has 2 aliphatic rings. The molecular formula is C16H20FNO. The van der Waals surface area contributed by atoms with Crippen molar-refractivity contribution in [3.8, 4) is 0 Å². The third kappa shape index (κ3) is 2.05. The molecule has 0 spiro atoms. The average Bonchev–Trinajstić information content (AvgIpc) is 3.17. The molecule has 1 aromatic carbocycles. The molecule has 0 aromatic heterocycles. The van der Waals surface area contributed by atoms with Crippen molar-refractivity contribution in [3.63, 3.8) is 0 Å². The molecule has 0 aliphatic heterocycles. The van der Waals surface area contributed by atoms with Gasteiger partial charge in [0, 0.05) is 0 Å². The Morgan fingerprint density at radius 3 is 2.37 bits per heavy atom. The van der Waals surface area contributed by atoms with Gasteiger partial charge in [0.05, 0.1) is 5.41 Å². The molecule has 1 aromatic rings. The maximum Gasteiger partial charge on any atom is 0.228 e. The average molecular weight is 261 g/mol. The number of hydrogen-bond donors (Lipinski definition) is 1. The molecule has 102 valence electrons. The highest BCUT2D eigenvalue weighted by Gasteiger charge is 2.62. The lowest BCUT2D eigenvalue weighted by Crippen LogP contribution is -2.32. The van der Waals surface area contributed by atoms with Crippen molar-refractivity contribution >= 4 is 5.91 Å². The maximum absolute atomic E-state index is 13.0. The van der Waals surface area contributed by atoms with Crippen LogP contribution in [0.5, 0.6) is 0 Å². The topological polar surface area (TPSA) is 43.1 Å². The normalized spacial score (nSPS) is 31.1. The highest BCUT2D eigenvalue weighted by molar-refractivity contribution is 5.90. The van der Waals surface area contributed by atoms with Crippen LogP contribution < -0.4 is 5.73 Å². The summed E-state index contributed by atoms with van der Waals surface area (Å²) in [5.41, 5.74) is 6.05. The summed E-state index contributed by atoms with van der Waals surface area (Å²) >= 11 is 0. The summed E-state index contributed by atoms with van der Waals surface area (Å²) in [6.07, 6.45) is 7.10. The van der Waals surface area contributed by atoms with Gasteiger partial charge in [-0.2, -0.15) is 0 Å². The van der Waals surface area contributed by atoms with Crippen LogP contribution >= 0.6 is 0 Å². The number of primary amides is 1. The first-order chi connectivity index (χ1) is 9.14. The highest BCUT2D eigenvalue weighted by atomic mass is 19.1. The number of rotatable bonds is 3. The van der Waals surface area contributed by atoms with E-state index in [9.17, 15) is 9.18 Å². The third-order valence-corrected chi connectivity index (χ3v) is 5.03. The highest BCUT2D eigenvalue weighted by Crippen LogP contribution is 2.60. The van der Waals surface area contributed by atoms with Crippen LogP contribution in [0, 0.1) is 17.7 Å². The fourth-order valence-corrected chi connectivity index (χ4v) is 3.90. The van der Waals surface area contributed by atoms with E-state index in [0.717, 1.165) is 12.0 Å². The van der Waals surface area contributed by atoms with Crippen molar-refractivity contribution in [2.45, 2.75) is 43.9 Å². The fourth-order valence-electron chi connectivity index (χ4n) is 3.90. The van der Waals surface area contributed by atoms with E-state index in [2.05, 4.69) is 0 Å². The first-order valence-electron chi connectivity index (χ1n) is 7.20. The van der Waals surface area contributed by atoms with E-state index in [1.807, 2.05) is 0 Å². The second kappa shape index (κ2) is 4.62. The van der Waals surface area contributed by atoms with Gasteiger partial charge in [-0.3, -0.25) is 4.79 Å². The van der Waals surface area contributed by atoms with Crippen molar-refractivity contribution in [2.75, 3.05) is 0 Å². The molecule has 0 unspecified atom stereocenters. The Morgan fingerprint density at radius 1 is 1.16 bits per heavy atom. The zero-order valence-electron chi connectivity index (χ0n) is 11.1. The third-order valence-electron chi connectivity index (χ3n) is 5.03. The number of hydrogen-bond acceptors (Lipinski definition) is 1. The molecule has 0 radical (unpaired) electrons. The molecule has 2 nitrogen and oxygen atoms in total. The minimum Gasteiger partial charge on any atom is -0.369 e. The Hall–Kier alpha value is -1.38. The summed E-state index contributed by atoms with van der Waals surface area (Å²) in [6, 6.07) is 6.30. The van der Waals surface area contributed by atoms with E-state index >= 15 is 0 Å². The zero-order valence-corrected chi connectivity index (χ0v) is 11.1. The fraction of sp³-hybridized carbons (Fsp3) is 0.562. The Kier molecular flexibility index (Phi) is 3.08. The first kappa shape index (κ1) is 12.6. The van der Waals surface area contributed by atoms with E-state index in [1.165, 1.54) is 44.2 Å². The quantitative estimate of drug-likeness (QED) is 0.892. The van der Waals surface area contributed by atoms with E-state index < -0.39 is 5.41 Å². The van der Waals surface area contributed by atoms with Gasteiger partial charge in [0.25, 0.3) is 0 Å². The van der Waals surface area contributed by atoms with Gasteiger partial charge in [0.15, 0.2) is 0 Å². The molecule has 2 fully saturated rings. The van der Waals surface area contributed by atoms with Crippen LogP contribution in [-0.4, -0.2) is 5.91 Å². The van der Waals surface area contributed by atoms with Gasteiger partial charge < -0.3 is 5.73 Å². The summed E-state index contributed by atoms with van der Waals surface area (Å²) in [5, 5.41) is 0. The second-order valence-electron chi connectivity index (χ2n) is 6.05. The maximum atomic E-state index is 13.0. The predicted octanol–water partition coefficient (Wildman–Crippen LogP) is 3.15. The smallest absolute Gasteiger partial charge is 0.228 e. The standard InChI is InChI=1S/C16H20FNO/c17-13-8-6-12(7-9-13)16(15(18)19)10-14(16)11-4-2-1-3-5-11/h6-9,11,14H,1-5,10H2,(H2,18,19)/t14-,16-/m0/s1. The minimum atomic E-state index is -0.518. The van der Waals surface area contributed by atoms with E-state index in [4.69, 9.17) is 5.73 Å². The summed E-state index contributed by atoms with van der Waals surface area (Å²) in [5.74, 6) is 0.481. The van der Waals surface area contributed by atoms with E-state index in [0.29, 0.717) is 11.8 Å². The summed E-state index contributed by atoms with van der Waals surface area (Å²) < 4.78 is 13.0. The molecule has 0 heterocycles. The number of halogens is 1. The SMILES string of the molecule is NC(=O)[C@]1(c2ccc(F)cc2)C[C@H]1C1CCCCC1. The van der Waals surface area contributed by atoms with Crippen molar-refractivity contribution in [1.82, 2.24) is 0 Å². The predicted molar refractivity (Wildman–Crippen MR) is 72.0 cm³/mol. The van der Waals surface area contributed by atoms with Gasteiger partial charge in [-0.25, -0.2) is 4.39 Å². The van der Waals surface area contributed by atoms with E-state index in [1.54, 1.807) is 12.1 Å². The van der Waals surface area contributed by atoms with Crippen LogP contribution in [0.2, 0.25) is 0 Å². The largest absolute Gasteiger partial charge is 0.369 e. The molecule has 0 saturated heterocycles. The van der Waals surface area contributed by atoms with Crippen LogP contribution in [-0.2, 0) is 10.2 Å². The lowest BCUT2D eigenvalue weighted by atomic mass is 9.80. The number of benzene rings is 1. The molecule has 2 atom stereocenters. The number of nitrogens with two attached hydrogens (primary N) is 1. The van der Waals surface area contributed by atoms with Crippen LogP contribution in [0.15, 0.2) is 24.3 Å². The Balaban J connectivity index is 1.86. The van der Waals surface area contributed by atoms with Crippen LogP contribution in [0.25, 0.3) is 0 Å². The summed E-state index contributed by atoms with van der Waals surface area (Å²) in [4.78, 5) is 12.0. The molecule has 2 aliphatic carbocycles. The Morgan fingerprint density at radius 2 is 1.79 bits per heavy atom. The lowest BCUT2D eigenvalue weighted by molar-refractivity contribution is -0.121. The molecule has 19 heavy (non-hydrogen) atoms. The molecular weight excluding hydrogens is 241 g/mol. The van der Waals surface area contributed by atoms with Crippen LogP contribution in [0.3, 0.4) is 0 Å². The van der Waals surface area contributed by atoms with Gasteiger partial charge >= 0.3 is 0 Å². The minimum absolute atomic E-state index is 0.241.